The van der Waals surface area contributed by atoms with Crippen molar-refractivity contribution in [2.24, 2.45) is 22.0 Å². The van der Waals surface area contributed by atoms with E-state index >= 15 is 0 Å². The number of hydrogen-bond acceptors (Lipinski definition) is 7. The van der Waals surface area contributed by atoms with E-state index in [1.807, 2.05) is 0 Å². The molecular formula is C12H23N3O4. The number of rotatable bonds is 5. The molecule has 0 aliphatic heterocycles. The van der Waals surface area contributed by atoms with E-state index in [-0.39, 0.29) is 11.6 Å². The molecule has 1 atom stereocenters. The number of esters is 1. The van der Waals surface area contributed by atoms with Crippen molar-refractivity contribution in [1.82, 2.24) is 0 Å². The van der Waals surface area contributed by atoms with Crippen LogP contribution in [0.15, 0.2) is 10.3 Å². The van der Waals surface area contributed by atoms with Crippen LogP contribution in [0.4, 0.5) is 0 Å². The first kappa shape index (κ1) is 17.2. The summed E-state index contributed by atoms with van der Waals surface area (Å²) in [4.78, 5) is 16.7. The van der Waals surface area contributed by atoms with Crippen LogP contribution >= 0.6 is 0 Å². The number of oxime groups is 1. The van der Waals surface area contributed by atoms with Gasteiger partial charge in [0.25, 0.3) is 5.90 Å². The highest BCUT2D eigenvalue weighted by Crippen LogP contribution is 2.13. The molecule has 0 fully saturated rings. The Kier molecular flexibility index (Phi) is 6.89. The molecule has 7 nitrogen and oxygen atoms in total. The maximum absolute atomic E-state index is 12.0. The Balaban J connectivity index is 5.10. The van der Waals surface area contributed by atoms with Gasteiger partial charge in [-0.3, -0.25) is 4.79 Å². The second kappa shape index (κ2) is 7.60. The van der Waals surface area contributed by atoms with Crippen LogP contribution in [0.2, 0.25) is 0 Å². The maximum atomic E-state index is 12.0. The zero-order chi connectivity index (χ0) is 15.1. The summed E-state index contributed by atoms with van der Waals surface area (Å²) in [7, 11) is 1.36. The summed E-state index contributed by atoms with van der Waals surface area (Å²) in [6.07, 6.45) is 0. The molecule has 0 spiro atoms. The summed E-state index contributed by atoms with van der Waals surface area (Å²) in [6, 6.07) is 0. The van der Waals surface area contributed by atoms with Crippen LogP contribution in [0.1, 0.15) is 34.6 Å². The van der Waals surface area contributed by atoms with Crippen molar-refractivity contribution in [2.45, 2.75) is 40.2 Å². The smallest absolute Gasteiger partial charge is 0.315 e. The average molecular weight is 273 g/mol. The number of nitrogens with two attached hydrogens (primary N) is 1. The molecule has 2 N–H and O–H groups in total. The SMILES string of the molecule is CCOC(=N/N)/C(=N\OC)C(C)C(=O)OC(C)(C)C. The minimum absolute atomic E-state index is 0.0581. The van der Waals surface area contributed by atoms with Gasteiger partial charge in [-0.05, 0) is 34.6 Å². The van der Waals surface area contributed by atoms with Crippen LogP contribution in [0, 0.1) is 5.92 Å². The van der Waals surface area contributed by atoms with Gasteiger partial charge in [-0.25, -0.2) is 0 Å². The van der Waals surface area contributed by atoms with Crippen molar-refractivity contribution < 1.29 is 19.1 Å². The number of carbonyl (C=O) groups excluding carboxylic acids is 1. The number of nitrogens with zero attached hydrogens (tertiary/aromatic N) is 2. The van der Waals surface area contributed by atoms with Crippen molar-refractivity contribution in [3.05, 3.63) is 0 Å². The highest BCUT2D eigenvalue weighted by atomic mass is 16.6. The largest absolute Gasteiger partial charge is 0.476 e. The minimum Gasteiger partial charge on any atom is -0.476 e. The summed E-state index contributed by atoms with van der Waals surface area (Å²) >= 11 is 0. The molecule has 0 bridgehead atoms. The molecule has 0 amide bonds. The standard InChI is InChI=1S/C12H23N3O4/c1-7-18-10(14-13)9(15-17-6)8(2)11(16)19-12(3,4)5/h8H,7,13H2,1-6H3/b14-10+,15-9-. The third-order valence-electron chi connectivity index (χ3n) is 1.98. The number of ether oxygens (including phenoxy) is 2. The van der Waals surface area contributed by atoms with Crippen molar-refractivity contribution >= 4 is 17.6 Å². The lowest BCUT2D eigenvalue weighted by Gasteiger charge is -2.22. The summed E-state index contributed by atoms with van der Waals surface area (Å²) < 4.78 is 10.5. The van der Waals surface area contributed by atoms with E-state index in [0.29, 0.717) is 6.61 Å². The van der Waals surface area contributed by atoms with Gasteiger partial charge in [0.1, 0.15) is 18.6 Å². The second-order valence-electron chi connectivity index (χ2n) is 4.78. The third-order valence-corrected chi connectivity index (χ3v) is 1.98. The van der Waals surface area contributed by atoms with E-state index < -0.39 is 17.5 Å². The second-order valence-corrected chi connectivity index (χ2v) is 4.78. The Morgan fingerprint density at radius 3 is 2.32 bits per heavy atom. The predicted octanol–water partition coefficient (Wildman–Crippen LogP) is 1.28. The Morgan fingerprint density at radius 1 is 1.37 bits per heavy atom. The Labute approximate surface area is 113 Å². The Bertz CT molecular complexity index is 358. The first-order valence-corrected chi connectivity index (χ1v) is 6.01. The Hall–Kier alpha value is -1.79. The zero-order valence-corrected chi connectivity index (χ0v) is 12.4. The van der Waals surface area contributed by atoms with E-state index in [9.17, 15) is 4.79 Å². The van der Waals surface area contributed by atoms with Gasteiger partial charge >= 0.3 is 5.97 Å². The van der Waals surface area contributed by atoms with Gasteiger partial charge < -0.3 is 20.2 Å². The molecule has 7 heteroatoms. The van der Waals surface area contributed by atoms with Crippen molar-refractivity contribution in [3.8, 4) is 0 Å². The molecule has 0 aliphatic rings. The van der Waals surface area contributed by atoms with Gasteiger partial charge in [0, 0.05) is 0 Å². The fraction of sp³-hybridized carbons (Fsp3) is 0.750. The van der Waals surface area contributed by atoms with E-state index in [2.05, 4.69) is 10.3 Å². The van der Waals surface area contributed by atoms with E-state index in [0.717, 1.165) is 0 Å². The van der Waals surface area contributed by atoms with E-state index in [4.69, 9.17) is 20.2 Å². The maximum Gasteiger partial charge on any atom is 0.315 e. The lowest BCUT2D eigenvalue weighted by atomic mass is 10.1. The van der Waals surface area contributed by atoms with Crippen LogP contribution < -0.4 is 5.84 Å². The fourth-order valence-corrected chi connectivity index (χ4v) is 1.22. The fourth-order valence-electron chi connectivity index (χ4n) is 1.22. The van der Waals surface area contributed by atoms with Crippen LogP contribution in [0.5, 0.6) is 0 Å². The van der Waals surface area contributed by atoms with Gasteiger partial charge in [-0.2, -0.15) is 0 Å². The molecule has 1 unspecified atom stereocenters. The molecule has 0 heterocycles. The molecule has 0 saturated carbocycles. The van der Waals surface area contributed by atoms with Crippen molar-refractivity contribution in [2.75, 3.05) is 13.7 Å². The van der Waals surface area contributed by atoms with Crippen molar-refractivity contribution in [3.63, 3.8) is 0 Å². The number of hydrogen-bond donors (Lipinski definition) is 1. The van der Waals surface area contributed by atoms with E-state index in [1.165, 1.54) is 7.11 Å². The van der Waals surface area contributed by atoms with Gasteiger partial charge in [0.15, 0.2) is 5.71 Å². The highest BCUT2D eigenvalue weighted by molar-refractivity contribution is 6.42. The zero-order valence-electron chi connectivity index (χ0n) is 12.4. The van der Waals surface area contributed by atoms with Crippen LogP contribution in [-0.2, 0) is 19.1 Å². The first-order valence-electron chi connectivity index (χ1n) is 6.01. The normalized spacial score (nSPS) is 14.8. The summed E-state index contributed by atoms with van der Waals surface area (Å²) in [5, 5.41) is 7.22. The molecule has 0 radical (unpaired) electrons. The number of carbonyl (C=O) groups is 1. The molecule has 0 saturated heterocycles. The monoisotopic (exact) mass is 273 g/mol. The molecule has 0 rings (SSSR count). The molecular weight excluding hydrogens is 250 g/mol. The van der Waals surface area contributed by atoms with Gasteiger partial charge in [0.05, 0.1) is 6.61 Å². The van der Waals surface area contributed by atoms with Gasteiger partial charge in [0.2, 0.25) is 0 Å². The number of hydrazone groups is 1. The summed E-state index contributed by atoms with van der Waals surface area (Å²) in [5.41, 5.74) is -0.393. The lowest BCUT2D eigenvalue weighted by molar-refractivity contribution is -0.156. The molecule has 0 aliphatic carbocycles. The molecule has 0 aromatic heterocycles. The highest BCUT2D eigenvalue weighted by Gasteiger charge is 2.30. The van der Waals surface area contributed by atoms with Crippen LogP contribution in [-0.4, -0.2) is 36.9 Å². The van der Waals surface area contributed by atoms with Gasteiger partial charge in [-0.15, -0.1) is 5.10 Å². The van der Waals surface area contributed by atoms with Crippen LogP contribution in [0.3, 0.4) is 0 Å². The van der Waals surface area contributed by atoms with E-state index in [1.54, 1.807) is 34.6 Å². The topological polar surface area (TPSA) is 95.5 Å². The van der Waals surface area contributed by atoms with Gasteiger partial charge in [-0.1, -0.05) is 5.16 Å². The minimum atomic E-state index is -0.701. The molecule has 0 aromatic carbocycles. The first-order chi connectivity index (χ1) is 8.76. The van der Waals surface area contributed by atoms with Crippen molar-refractivity contribution in [1.29, 1.82) is 0 Å². The molecule has 0 aromatic rings. The average Bonchev–Trinajstić information content (AvgIpc) is 2.30. The summed E-state index contributed by atoms with van der Waals surface area (Å²) in [5.74, 6) is 4.13. The lowest BCUT2D eigenvalue weighted by Crippen LogP contribution is -2.35. The Morgan fingerprint density at radius 2 is 1.95 bits per heavy atom. The predicted molar refractivity (Wildman–Crippen MR) is 72.7 cm³/mol. The quantitative estimate of drug-likeness (QED) is 0.267. The third kappa shape index (κ3) is 6.08. The molecule has 110 valence electrons. The summed E-state index contributed by atoms with van der Waals surface area (Å²) in [6.45, 7) is 9.09. The molecule has 19 heavy (non-hydrogen) atoms. The van der Waals surface area contributed by atoms with Crippen LogP contribution in [0.25, 0.3) is 0 Å².